The fourth-order valence-electron chi connectivity index (χ4n) is 4.87. The Bertz CT molecular complexity index is 1340. The van der Waals surface area contributed by atoms with Gasteiger partial charge in [0.15, 0.2) is 0 Å². The fourth-order valence-corrected chi connectivity index (χ4v) is 4.87. The maximum Gasteiger partial charge on any atom is 0.318 e. The summed E-state index contributed by atoms with van der Waals surface area (Å²) in [5, 5.41) is 43.1. The van der Waals surface area contributed by atoms with Gasteiger partial charge in [-0.05, 0) is 66.0 Å². The molecule has 0 aliphatic carbocycles. The highest BCUT2D eigenvalue weighted by molar-refractivity contribution is 6.08. The summed E-state index contributed by atoms with van der Waals surface area (Å²) in [4.78, 5) is 13.7. The van der Waals surface area contributed by atoms with Gasteiger partial charge in [-0.1, -0.05) is 34.9 Å². The quantitative estimate of drug-likeness (QED) is 0.343. The maximum atomic E-state index is 13.7. The second-order valence-corrected chi connectivity index (χ2v) is 10.3. The Hall–Kier alpha value is -3.71. The Morgan fingerprint density at radius 2 is 1.62 bits per heavy atom. The number of hydrogen-bond donors (Lipinski definition) is 4. The number of benzene rings is 2. The lowest BCUT2D eigenvalue weighted by atomic mass is 9.77. The molecule has 0 amide bonds. The van der Waals surface area contributed by atoms with Crippen molar-refractivity contribution in [3.05, 3.63) is 75.9 Å². The van der Waals surface area contributed by atoms with E-state index in [1.165, 1.54) is 17.7 Å². The van der Waals surface area contributed by atoms with Crippen molar-refractivity contribution in [3.63, 3.8) is 0 Å². The molecule has 4 N–H and O–H groups in total. The second kappa shape index (κ2) is 9.63. The number of ketones is 1. The Morgan fingerprint density at radius 1 is 0.919 bits per heavy atom. The van der Waals surface area contributed by atoms with Gasteiger partial charge in [-0.25, -0.2) is 0 Å². The zero-order valence-corrected chi connectivity index (χ0v) is 21.9. The van der Waals surface area contributed by atoms with Gasteiger partial charge in [0.05, 0.1) is 0 Å². The van der Waals surface area contributed by atoms with Gasteiger partial charge < -0.3 is 29.9 Å². The van der Waals surface area contributed by atoms with Gasteiger partial charge in [0, 0.05) is 29.7 Å². The van der Waals surface area contributed by atoms with Gasteiger partial charge in [-0.2, -0.15) is 0 Å². The lowest BCUT2D eigenvalue weighted by Crippen LogP contribution is -2.62. The molecule has 0 fully saturated rings. The van der Waals surface area contributed by atoms with E-state index in [0.717, 1.165) is 30.1 Å². The summed E-state index contributed by atoms with van der Waals surface area (Å²) in [6.45, 7) is 9.89. The number of Topliss-reactive ketones (excluding diaryl/α,β-unsaturated/α-hetero) is 1. The Morgan fingerprint density at radius 3 is 2.30 bits per heavy atom. The normalized spacial score (nSPS) is 21.8. The second-order valence-electron chi connectivity index (χ2n) is 10.3. The minimum Gasteiger partial charge on any atom is -0.508 e. The van der Waals surface area contributed by atoms with E-state index in [-0.39, 0.29) is 35.0 Å². The molecule has 2 heterocycles. The third kappa shape index (κ3) is 4.48. The van der Waals surface area contributed by atoms with Crippen LogP contribution in [0.15, 0.2) is 59.2 Å². The van der Waals surface area contributed by atoms with E-state index >= 15 is 0 Å². The van der Waals surface area contributed by atoms with Gasteiger partial charge >= 0.3 is 5.79 Å². The van der Waals surface area contributed by atoms with Crippen molar-refractivity contribution in [2.45, 2.75) is 71.7 Å². The van der Waals surface area contributed by atoms with Crippen LogP contribution >= 0.6 is 0 Å². The summed E-state index contributed by atoms with van der Waals surface area (Å²) in [6, 6.07) is 5.32. The third-order valence-electron chi connectivity index (χ3n) is 6.90. The van der Waals surface area contributed by atoms with Crippen LogP contribution in [0.2, 0.25) is 0 Å². The van der Waals surface area contributed by atoms with Crippen molar-refractivity contribution >= 4 is 5.78 Å². The molecule has 0 bridgehead atoms. The number of aliphatic hydroxyl groups is 1. The predicted molar refractivity (Wildman–Crippen MR) is 140 cm³/mol. The van der Waals surface area contributed by atoms with Crippen LogP contribution in [-0.2, 0) is 12.0 Å². The molecule has 196 valence electrons. The molecule has 2 aliphatic rings. The first-order valence-corrected chi connectivity index (χ1v) is 12.4. The number of allylic oxidation sites excluding steroid dienone is 5. The molecule has 37 heavy (non-hydrogen) atoms. The number of rotatable bonds is 7. The summed E-state index contributed by atoms with van der Waals surface area (Å²) in [5.41, 5.74) is 2.16. The van der Waals surface area contributed by atoms with E-state index < -0.39 is 22.9 Å². The minimum absolute atomic E-state index is 0.0304. The molecule has 2 aromatic rings. The van der Waals surface area contributed by atoms with Crippen molar-refractivity contribution in [3.8, 4) is 28.7 Å². The number of fused-ring (bicyclic) bond motifs is 4. The van der Waals surface area contributed by atoms with E-state index in [0.29, 0.717) is 17.5 Å². The summed E-state index contributed by atoms with van der Waals surface area (Å²) in [5.74, 6) is -4.13. The van der Waals surface area contributed by atoms with Gasteiger partial charge in [-0.3, -0.25) is 4.79 Å². The van der Waals surface area contributed by atoms with Crippen LogP contribution in [0, 0.1) is 0 Å². The first kappa shape index (κ1) is 26.4. The summed E-state index contributed by atoms with van der Waals surface area (Å²) in [7, 11) is 0. The SMILES string of the molecule is CC(C)=CCCC(C)=CCc1c(O)ccc2c1O[C@]1(O)C(=O)c3c(O)cc(O)cc3O[C@]21CC=C(C)C. The molecule has 0 unspecified atom stereocenters. The van der Waals surface area contributed by atoms with Crippen LogP contribution in [0.4, 0.5) is 0 Å². The molecule has 2 aliphatic heterocycles. The molecule has 2 atom stereocenters. The summed E-state index contributed by atoms with van der Waals surface area (Å²) < 4.78 is 12.3. The lowest BCUT2D eigenvalue weighted by molar-refractivity contribution is -0.201. The molecule has 0 saturated heterocycles. The Labute approximate surface area is 217 Å². The lowest BCUT2D eigenvalue weighted by Gasteiger charge is -2.43. The molecule has 4 rings (SSSR count). The standard InChI is InChI=1S/C30H34O7/c1-17(2)7-6-8-19(5)9-10-21-23(32)12-11-22-27(21)37-30(35)28(34)26-24(33)15-20(31)16-25(26)36-29(22,30)14-13-18(3)4/h7,9,11-13,15-16,31-33,35H,6,8,10,14H2,1-5H3/t29-,30-/m1/s1. The van der Waals surface area contributed by atoms with Crippen LogP contribution in [0.3, 0.4) is 0 Å². The molecule has 0 saturated carbocycles. The van der Waals surface area contributed by atoms with Crippen molar-refractivity contribution in [2.75, 3.05) is 0 Å². The highest BCUT2D eigenvalue weighted by atomic mass is 16.7. The van der Waals surface area contributed by atoms with Gasteiger partial charge in [0.2, 0.25) is 11.4 Å². The van der Waals surface area contributed by atoms with Gasteiger partial charge in [-0.15, -0.1) is 0 Å². The molecule has 0 radical (unpaired) electrons. The van der Waals surface area contributed by atoms with Crippen LogP contribution < -0.4 is 9.47 Å². The zero-order valence-electron chi connectivity index (χ0n) is 21.9. The number of aromatic hydroxyl groups is 3. The molecule has 7 nitrogen and oxygen atoms in total. The van der Waals surface area contributed by atoms with E-state index in [2.05, 4.69) is 19.9 Å². The zero-order chi connectivity index (χ0) is 27.1. The molecular formula is C30H34O7. The van der Waals surface area contributed by atoms with Crippen LogP contribution in [-0.4, -0.2) is 32.0 Å². The average Bonchev–Trinajstić information content (AvgIpc) is 3.05. The van der Waals surface area contributed by atoms with E-state index in [9.17, 15) is 25.2 Å². The molecule has 0 spiro atoms. The summed E-state index contributed by atoms with van der Waals surface area (Å²) in [6.07, 6.45) is 8.13. The smallest absolute Gasteiger partial charge is 0.318 e. The van der Waals surface area contributed by atoms with E-state index in [4.69, 9.17) is 9.47 Å². The van der Waals surface area contributed by atoms with Crippen LogP contribution in [0.5, 0.6) is 28.7 Å². The molecular weight excluding hydrogens is 472 g/mol. The largest absolute Gasteiger partial charge is 0.508 e. The number of phenolic OH excluding ortho intramolecular Hbond substituents is 3. The Balaban J connectivity index is 1.84. The van der Waals surface area contributed by atoms with Crippen molar-refractivity contribution in [1.29, 1.82) is 0 Å². The Kier molecular flexibility index (Phi) is 6.86. The number of carbonyl (C=O) groups excluding carboxylic acids is 1. The number of carbonyl (C=O) groups is 1. The number of phenols is 3. The van der Waals surface area contributed by atoms with Crippen LogP contribution in [0.1, 0.15) is 75.4 Å². The van der Waals surface area contributed by atoms with Gasteiger partial charge in [0.1, 0.15) is 34.3 Å². The van der Waals surface area contributed by atoms with Crippen molar-refractivity contribution < 1.29 is 34.7 Å². The first-order valence-electron chi connectivity index (χ1n) is 12.4. The highest BCUT2D eigenvalue weighted by Crippen LogP contribution is 2.59. The number of hydrogen-bond acceptors (Lipinski definition) is 7. The molecule has 2 aromatic carbocycles. The average molecular weight is 507 g/mol. The van der Waals surface area contributed by atoms with E-state index in [1.807, 2.05) is 32.9 Å². The number of ether oxygens (including phenoxy) is 2. The molecule has 7 heteroatoms. The molecule has 0 aromatic heterocycles. The monoisotopic (exact) mass is 506 g/mol. The van der Waals surface area contributed by atoms with E-state index in [1.54, 1.807) is 6.07 Å². The summed E-state index contributed by atoms with van der Waals surface area (Å²) >= 11 is 0. The first-order chi connectivity index (χ1) is 17.4. The predicted octanol–water partition coefficient (Wildman–Crippen LogP) is 5.95. The topological polar surface area (TPSA) is 116 Å². The fraction of sp³-hybridized carbons (Fsp3) is 0.367. The van der Waals surface area contributed by atoms with Crippen LogP contribution in [0.25, 0.3) is 0 Å². The highest BCUT2D eigenvalue weighted by Gasteiger charge is 2.70. The van der Waals surface area contributed by atoms with Gasteiger partial charge in [0.25, 0.3) is 0 Å². The minimum atomic E-state index is -2.51. The third-order valence-corrected chi connectivity index (χ3v) is 6.90. The maximum absolute atomic E-state index is 13.7. The van der Waals surface area contributed by atoms with Crippen molar-refractivity contribution in [1.82, 2.24) is 0 Å². The van der Waals surface area contributed by atoms with Crippen molar-refractivity contribution in [2.24, 2.45) is 0 Å².